The van der Waals surface area contributed by atoms with Gasteiger partial charge in [0.05, 0.1) is 18.9 Å². The van der Waals surface area contributed by atoms with Crippen molar-refractivity contribution in [2.45, 2.75) is 19.8 Å². The lowest BCUT2D eigenvalue weighted by Gasteiger charge is -2.23. The second-order valence-corrected chi connectivity index (χ2v) is 5.30. The average Bonchev–Trinajstić information content (AvgIpc) is 2.48. The minimum absolute atomic E-state index is 0.571. The van der Waals surface area contributed by atoms with Gasteiger partial charge in [0.2, 0.25) is 0 Å². The summed E-state index contributed by atoms with van der Waals surface area (Å²) in [5.41, 5.74) is 2.25. The summed E-state index contributed by atoms with van der Waals surface area (Å²) < 4.78 is 16.3. The second kappa shape index (κ2) is 8.12. The predicted octanol–water partition coefficient (Wildman–Crippen LogP) is 2.86. The Morgan fingerprint density at radius 3 is 3.00 bits per heavy atom. The van der Waals surface area contributed by atoms with E-state index < -0.39 is 0 Å². The van der Waals surface area contributed by atoms with E-state index in [1.54, 1.807) is 7.11 Å². The fourth-order valence-corrected chi connectivity index (χ4v) is 2.35. The number of hydrogen-bond acceptors (Lipinski definition) is 4. The first kappa shape index (κ1) is 15.1. The van der Waals surface area contributed by atoms with Crippen molar-refractivity contribution >= 4 is 5.69 Å². The first-order valence-corrected chi connectivity index (χ1v) is 7.33. The van der Waals surface area contributed by atoms with Gasteiger partial charge in [-0.1, -0.05) is 6.07 Å². The number of hydrogen-bond donors (Lipinski definition) is 1. The molecule has 0 aliphatic carbocycles. The van der Waals surface area contributed by atoms with Gasteiger partial charge in [0.25, 0.3) is 0 Å². The van der Waals surface area contributed by atoms with Crippen LogP contribution in [0.25, 0.3) is 0 Å². The minimum atomic E-state index is 0.571. The van der Waals surface area contributed by atoms with E-state index in [0.717, 1.165) is 37.6 Å². The van der Waals surface area contributed by atoms with Crippen molar-refractivity contribution in [2.24, 2.45) is 5.92 Å². The summed E-state index contributed by atoms with van der Waals surface area (Å²) >= 11 is 0. The molecule has 4 heteroatoms. The maximum absolute atomic E-state index is 5.78. The molecule has 4 nitrogen and oxygen atoms in total. The fraction of sp³-hybridized carbons (Fsp3) is 0.625. The van der Waals surface area contributed by atoms with Crippen molar-refractivity contribution in [3.05, 3.63) is 23.8 Å². The van der Waals surface area contributed by atoms with Crippen LogP contribution in [-0.4, -0.2) is 40.1 Å². The summed E-state index contributed by atoms with van der Waals surface area (Å²) in [5.74, 6) is 1.50. The molecular weight excluding hydrogens is 254 g/mol. The summed E-state index contributed by atoms with van der Waals surface area (Å²) in [6.45, 7) is 5.95. The van der Waals surface area contributed by atoms with Crippen molar-refractivity contribution in [2.75, 3.05) is 45.4 Å². The van der Waals surface area contributed by atoms with E-state index in [2.05, 4.69) is 30.4 Å². The Morgan fingerprint density at radius 2 is 2.25 bits per heavy atom. The Morgan fingerprint density at radius 1 is 1.35 bits per heavy atom. The number of methoxy groups -OCH3 is 1. The van der Waals surface area contributed by atoms with Gasteiger partial charge in [0, 0.05) is 20.3 Å². The number of nitrogens with one attached hydrogen (secondary N) is 1. The molecule has 0 saturated carbocycles. The van der Waals surface area contributed by atoms with Crippen molar-refractivity contribution < 1.29 is 14.2 Å². The van der Waals surface area contributed by atoms with E-state index in [0.29, 0.717) is 19.1 Å². The van der Waals surface area contributed by atoms with E-state index in [1.807, 2.05) is 0 Å². The van der Waals surface area contributed by atoms with Crippen LogP contribution in [0.1, 0.15) is 18.4 Å². The molecule has 1 saturated heterocycles. The third-order valence-electron chi connectivity index (χ3n) is 3.52. The van der Waals surface area contributed by atoms with Crippen LogP contribution in [0.5, 0.6) is 5.75 Å². The molecular formula is C16H25NO3. The van der Waals surface area contributed by atoms with Crippen LogP contribution >= 0.6 is 0 Å². The van der Waals surface area contributed by atoms with Crippen LogP contribution < -0.4 is 10.1 Å². The first-order chi connectivity index (χ1) is 9.79. The van der Waals surface area contributed by atoms with Gasteiger partial charge in [-0.05, 0) is 43.4 Å². The highest BCUT2D eigenvalue weighted by Crippen LogP contribution is 2.26. The van der Waals surface area contributed by atoms with Crippen molar-refractivity contribution in [3.8, 4) is 5.75 Å². The maximum Gasteiger partial charge on any atom is 0.142 e. The van der Waals surface area contributed by atoms with Gasteiger partial charge in [-0.3, -0.25) is 0 Å². The number of anilines is 1. The molecule has 1 aromatic carbocycles. The van der Waals surface area contributed by atoms with Crippen LogP contribution in [0.2, 0.25) is 0 Å². The van der Waals surface area contributed by atoms with Crippen LogP contribution in [0.4, 0.5) is 5.69 Å². The van der Waals surface area contributed by atoms with E-state index in [4.69, 9.17) is 14.2 Å². The Balaban J connectivity index is 1.91. The second-order valence-electron chi connectivity index (χ2n) is 5.30. The number of benzene rings is 1. The monoisotopic (exact) mass is 279 g/mol. The summed E-state index contributed by atoms with van der Waals surface area (Å²) in [6, 6.07) is 6.25. The van der Waals surface area contributed by atoms with Gasteiger partial charge in [-0.2, -0.15) is 0 Å². The number of ether oxygens (including phenoxy) is 3. The topological polar surface area (TPSA) is 39.7 Å². The molecule has 1 aliphatic heterocycles. The standard InChI is InChI=1S/C16H25NO3/c1-13-5-6-15(16(10-13)20-9-8-18-2)17-11-14-4-3-7-19-12-14/h5-6,10,14,17H,3-4,7-9,11-12H2,1-2H3. The van der Waals surface area contributed by atoms with Crippen LogP contribution in [0, 0.1) is 12.8 Å². The zero-order valence-corrected chi connectivity index (χ0v) is 12.5. The Kier molecular flexibility index (Phi) is 6.15. The number of rotatable bonds is 7. The van der Waals surface area contributed by atoms with Gasteiger partial charge < -0.3 is 19.5 Å². The highest BCUT2D eigenvalue weighted by atomic mass is 16.5. The molecule has 1 N–H and O–H groups in total. The molecule has 1 fully saturated rings. The fourth-order valence-electron chi connectivity index (χ4n) is 2.35. The predicted molar refractivity (Wildman–Crippen MR) is 80.6 cm³/mol. The molecule has 0 amide bonds. The van der Waals surface area contributed by atoms with Crippen LogP contribution in [-0.2, 0) is 9.47 Å². The Hall–Kier alpha value is -1.26. The molecule has 0 radical (unpaired) electrons. The smallest absolute Gasteiger partial charge is 0.142 e. The third kappa shape index (κ3) is 4.69. The minimum Gasteiger partial charge on any atom is -0.489 e. The van der Waals surface area contributed by atoms with Gasteiger partial charge in [-0.25, -0.2) is 0 Å². The van der Waals surface area contributed by atoms with Crippen molar-refractivity contribution in [3.63, 3.8) is 0 Å². The zero-order valence-electron chi connectivity index (χ0n) is 12.5. The molecule has 0 aromatic heterocycles. The molecule has 1 aliphatic rings. The molecule has 0 bridgehead atoms. The highest BCUT2D eigenvalue weighted by molar-refractivity contribution is 5.57. The van der Waals surface area contributed by atoms with E-state index >= 15 is 0 Å². The normalized spacial score (nSPS) is 18.8. The van der Waals surface area contributed by atoms with E-state index in [-0.39, 0.29) is 0 Å². The summed E-state index contributed by atoms with van der Waals surface area (Å²) in [4.78, 5) is 0. The van der Waals surface area contributed by atoms with Crippen LogP contribution in [0.3, 0.4) is 0 Å². The Bertz CT molecular complexity index is 403. The van der Waals surface area contributed by atoms with Gasteiger partial charge >= 0.3 is 0 Å². The quantitative estimate of drug-likeness (QED) is 0.779. The summed E-state index contributed by atoms with van der Waals surface area (Å²) in [6.07, 6.45) is 2.40. The van der Waals surface area contributed by atoms with Crippen molar-refractivity contribution in [1.29, 1.82) is 0 Å². The average molecular weight is 279 g/mol. The van der Waals surface area contributed by atoms with Crippen molar-refractivity contribution in [1.82, 2.24) is 0 Å². The number of aryl methyl sites for hydroxylation is 1. The lowest BCUT2D eigenvalue weighted by atomic mass is 10.0. The third-order valence-corrected chi connectivity index (χ3v) is 3.52. The molecule has 2 rings (SSSR count). The molecule has 20 heavy (non-hydrogen) atoms. The highest BCUT2D eigenvalue weighted by Gasteiger charge is 2.14. The molecule has 1 unspecified atom stereocenters. The lowest BCUT2D eigenvalue weighted by molar-refractivity contribution is 0.0595. The first-order valence-electron chi connectivity index (χ1n) is 7.33. The van der Waals surface area contributed by atoms with E-state index in [9.17, 15) is 0 Å². The zero-order chi connectivity index (χ0) is 14.2. The Labute approximate surface area is 121 Å². The van der Waals surface area contributed by atoms with Gasteiger partial charge in [-0.15, -0.1) is 0 Å². The summed E-state index contributed by atoms with van der Waals surface area (Å²) in [5, 5.41) is 3.49. The molecule has 1 heterocycles. The lowest BCUT2D eigenvalue weighted by Crippen LogP contribution is -2.24. The summed E-state index contributed by atoms with van der Waals surface area (Å²) in [7, 11) is 1.68. The van der Waals surface area contributed by atoms with Gasteiger partial charge in [0.1, 0.15) is 12.4 Å². The SMILES string of the molecule is COCCOc1cc(C)ccc1NCC1CCCOC1. The van der Waals surface area contributed by atoms with Crippen LogP contribution in [0.15, 0.2) is 18.2 Å². The molecule has 0 spiro atoms. The van der Waals surface area contributed by atoms with Gasteiger partial charge in [0.15, 0.2) is 0 Å². The molecule has 112 valence electrons. The maximum atomic E-state index is 5.78. The van der Waals surface area contributed by atoms with E-state index in [1.165, 1.54) is 12.0 Å². The molecule has 1 atom stereocenters. The molecule has 1 aromatic rings. The largest absolute Gasteiger partial charge is 0.489 e.